The molecule has 0 unspecified atom stereocenters. The van der Waals surface area contributed by atoms with Gasteiger partial charge in [-0.25, -0.2) is 4.98 Å². The van der Waals surface area contributed by atoms with Crippen LogP contribution < -0.4 is 24.2 Å². The van der Waals surface area contributed by atoms with E-state index in [2.05, 4.69) is 28.9 Å². The average Bonchev–Trinajstić information content (AvgIpc) is 2.67. The van der Waals surface area contributed by atoms with Gasteiger partial charge in [-0.1, -0.05) is 18.5 Å². The third-order valence-electron chi connectivity index (χ3n) is 4.38. The Labute approximate surface area is 191 Å². The van der Waals surface area contributed by atoms with Crippen LogP contribution in [0.25, 0.3) is 0 Å². The van der Waals surface area contributed by atoms with Gasteiger partial charge in [0.25, 0.3) is 0 Å². The molecule has 1 saturated heterocycles. The van der Waals surface area contributed by atoms with Gasteiger partial charge in [-0.2, -0.15) is 12.8 Å². The van der Waals surface area contributed by atoms with E-state index < -0.39 is 24.4 Å². The second kappa shape index (κ2) is 14.0. The van der Waals surface area contributed by atoms with Crippen molar-refractivity contribution < 1.29 is 48.4 Å². The number of ether oxygens (including phenoxy) is 2. The molecular weight excluding hydrogens is 383 g/mol. The summed E-state index contributed by atoms with van der Waals surface area (Å²) < 4.78 is 9.77. The normalized spacial score (nSPS) is 23.6. The first-order chi connectivity index (χ1) is 13.7. The molecule has 8 nitrogen and oxygen atoms in total. The van der Waals surface area contributed by atoms with E-state index in [1.165, 1.54) is 6.47 Å². The first-order valence-corrected chi connectivity index (χ1v) is 9.62. The molecule has 1 aliphatic heterocycles. The van der Waals surface area contributed by atoms with E-state index in [1.54, 1.807) is 26.8 Å². The molecule has 0 saturated carbocycles. The molecule has 2 rings (SSSR count). The molecule has 30 heavy (non-hydrogen) atoms. The minimum absolute atomic E-state index is 0. The van der Waals surface area contributed by atoms with Crippen LogP contribution >= 0.6 is 0 Å². The molecule has 4 atom stereocenters. The van der Waals surface area contributed by atoms with E-state index in [4.69, 9.17) is 9.84 Å². The Morgan fingerprint density at radius 3 is 2.40 bits per heavy atom. The summed E-state index contributed by atoms with van der Waals surface area (Å²) in [5, 5.41) is 32.2. The van der Waals surface area contributed by atoms with Crippen LogP contribution in [-0.2, 0) is 14.3 Å². The van der Waals surface area contributed by atoms with Gasteiger partial charge >= 0.3 is 18.9 Å². The van der Waals surface area contributed by atoms with Crippen LogP contribution in [0, 0.1) is 13.8 Å². The molecule has 0 amide bonds. The van der Waals surface area contributed by atoms with Gasteiger partial charge in [-0.3, -0.25) is 0 Å². The molecule has 166 valence electrons. The summed E-state index contributed by atoms with van der Waals surface area (Å²) in [4.78, 5) is 14.0. The van der Waals surface area contributed by atoms with Crippen molar-refractivity contribution in [2.75, 3.05) is 18.5 Å². The molecule has 0 aliphatic carbocycles. The molecule has 1 fully saturated rings. The van der Waals surface area contributed by atoms with Gasteiger partial charge in [0, 0.05) is 5.69 Å². The minimum atomic E-state index is -1.13. The number of pyridine rings is 1. The first kappa shape index (κ1) is 28.9. The van der Waals surface area contributed by atoms with Gasteiger partial charge in [0.1, 0.15) is 24.1 Å². The Balaban J connectivity index is 0.000000909. The minimum Gasteiger partial charge on any atom is -0.649 e. The second-order valence-electron chi connectivity index (χ2n) is 7.81. The summed E-state index contributed by atoms with van der Waals surface area (Å²) in [6, 6.07) is 5.12. The molecule has 9 heteroatoms. The predicted molar refractivity (Wildman–Crippen MR) is 110 cm³/mol. The maximum Gasteiger partial charge on any atom is 1.00 e. The van der Waals surface area contributed by atoms with Crippen molar-refractivity contribution in [1.29, 1.82) is 0 Å². The molecule has 1 aromatic rings. The molecule has 1 aliphatic rings. The van der Waals surface area contributed by atoms with Crippen molar-refractivity contribution in [3.8, 4) is 0 Å². The van der Waals surface area contributed by atoms with Crippen molar-refractivity contribution in [3.63, 3.8) is 0 Å². The van der Waals surface area contributed by atoms with Crippen LogP contribution in [0.4, 0.5) is 5.82 Å². The van der Waals surface area contributed by atoms with E-state index in [0.29, 0.717) is 18.7 Å². The van der Waals surface area contributed by atoms with Gasteiger partial charge < -0.3 is 48.8 Å². The number of rotatable bonds is 7. The average molecular weight is 416 g/mol. The molecular formula is C21H33LiN2O6-2. The third kappa shape index (κ3) is 9.34. The Kier molecular flexibility index (Phi) is 13.5. The molecule has 0 spiro atoms. The fraction of sp³-hybridized carbons (Fsp3) is 0.619. The first-order valence-electron chi connectivity index (χ1n) is 9.62. The van der Waals surface area contributed by atoms with Crippen LogP contribution in [0.2, 0.25) is 0 Å². The molecule has 2 heterocycles. The Hall–Kier alpha value is -1.14. The summed E-state index contributed by atoms with van der Waals surface area (Å²) in [5.74, 6) is 0.797. The van der Waals surface area contributed by atoms with E-state index in [1.807, 2.05) is 12.1 Å². The Bertz CT molecular complexity index is 609. The summed E-state index contributed by atoms with van der Waals surface area (Å²) in [6.45, 7) is 14.4. The monoisotopic (exact) mass is 416 g/mol. The fourth-order valence-electron chi connectivity index (χ4n) is 2.68. The topological polar surface area (TPSA) is 121 Å². The molecule has 0 radical (unpaired) electrons. The van der Waals surface area contributed by atoms with Crippen LogP contribution in [0.15, 0.2) is 18.2 Å². The number of nitrogens with one attached hydrogen (secondary N) is 1. The number of carbonyl (C=O) groups excluding carboxylic acids is 1. The predicted octanol–water partition coefficient (Wildman–Crippen LogP) is -1.62. The second-order valence-corrected chi connectivity index (χ2v) is 7.81. The Morgan fingerprint density at radius 1 is 1.30 bits per heavy atom. The number of anilines is 1. The number of hydrogen-bond acceptors (Lipinski definition) is 8. The molecule has 0 bridgehead atoms. The van der Waals surface area contributed by atoms with Crippen LogP contribution in [0.5, 0.6) is 0 Å². The number of hydrogen-bond donors (Lipinski definition) is 4. The molecule has 1 aromatic heterocycles. The van der Waals surface area contributed by atoms with E-state index in [9.17, 15) is 15.0 Å². The van der Waals surface area contributed by atoms with Crippen molar-refractivity contribution in [2.45, 2.75) is 69.5 Å². The maximum atomic E-state index is 10.1. The van der Waals surface area contributed by atoms with E-state index in [-0.39, 0.29) is 43.6 Å². The van der Waals surface area contributed by atoms with E-state index >= 15 is 0 Å². The zero-order valence-corrected chi connectivity index (χ0v) is 18.4. The number of aliphatic hydroxyl groups is 3. The fourth-order valence-corrected chi connectivity index (χ4v) is 2.68. The van der Waals surface area contributed by atoms with Gasteiger partial charge in [0.05, 0.1) is 24.9 Å². The van der Waals surface area contributed by atoms with Crippen LogP contribution in [-0.4, -0.2) is 69.9 Å². The summed E-state index contributed by atoms with van der Waals surface area (Å²) in [7, 11) is 0. The zero-order valence-electron chi connectivity index (χ0n) is 18.4. The van der Waals surface area contributed by atoms with Crippen molar-refractivity contribution in [2.24, 2.45) is 0 Å². The van der Waals surface area contributed by atoms with Crippen molar-refractivity contribution in [3.05, 3.63) is 37.7 Å². The standard InChI is InChI=1S/C16H24N2O4.C5H9O2.Li/c1-3-10(4-2)11-6-5-7-14(17-11)18-12-9-22-13(8-19)16(21)15(12)20;1-5(2,3)7-4-6;/h5-7,10,12-13,15-16,19-21H,1-4,8-9H2,(H,17,18);1-3H3;/q-2;-1;+1/t12-,13+,15+,16-;;/m0../s1. The van der Waals surface area contributed by atoms with Crippen LogP contribution in [0.3, 0.4) is 0 Å². The summed E-state index contributed by atoms with van der Waals surface area (Å²) in [6.07, 6.45) is -1.49. The smallest absolute Gasteiger partial charge is 0.649 e. The van der Waals surface area contributed by atoms with Crippen molar-refractivity contribution in [1.82, 2.24) is 4.98 Å². The Morgan fingerprint density at radius 2 is 1.93 bits per heavy atom. The van der Waals surface area contributed by atoms with Crippen molar-refractivity contribution >= 4 is 12.3 Å². The largest absolute Gasteiger partial charge is 1.00 e. The summed E-state index contributed by atoms with van der Waals surface area (Å²) >= 11 is 0. The molecule has 4 N–H and O–H groups in total. The SMILES string of the molecule is CC(C)(C)O[C-]=O.[CH2-]CC(C[CH2-])c1cccc(N[C@H]2CO[C@H](CO)[C@H](O)[C@@H]2O)n1.[Li+]. The number of aliphatic hydroxyl groups excluding tert-OH is 3. The van der Waals surface area contributed by atoms with Crippen LogP contribution in [0.1, 0.15) is 45.2 Å². The van der Waals surface area contributed by atoms with Gasteiger partial charge in [-0.05, 0) is 32.9 Å². The van der Waals surface area contributed by atoms with E-state index in [0.717, 1.165) is 5.69 Å². The third-order valence-corrected chi connectivity index (χ3v) is 4.38. The summed E-state index contributed by atoms with van der Waals surface area (Å²) in [5.41, 5.74) is 0.525. The molecule has 0 aromatic carbocycles. The van der Waals surface area contributed by atoms with Gasteiger partial charge in [0.15, 0.2) is 0 Å². The van der Waals surface area contributed by atoms with Gasteiger partial charge in [0.2, 0.25) is 0 Å². The van der Waals surface area contributed by atoms with Gasteiger partial charge in [-0.15, -0.1) is 0 Å². The quantitative estimate of drug-likeness (QED) is 0.309. The number of nitrogens with zero attached hydrogens (tertiary/aromatic N) is 1. The number of aromatic nitrogens is 1. The zero-order chi connectivity index (χ0) is 22.0. The maximum absolute atomic E-state index is 10.1.